The van der Waals surface area contributed by atoms with E-state index in [1.807, 2.05) is 0 Å². The monoisotopic (exact) mass is 351 g/mol. The Morgan fingerprint density at radius 3 is 2.57 bits per heavy atom. The Labute approximate surface area is 146 Å². The summed E-state index contributed by atoms with van der Waals surface area (Å²) in [5.41, 5.74) is 7.80. The van der Waals surface area contributed by atoms with Crippen molar-refractivity contribution >= 4 is 34.7 Å². The van der Waals surface area contributed by atoms with Gasteiger partial charge in [-0.25, -0.2) is 0 Å². The number of nitrogens with two attached hydrogens (primary N) is 1. The van der Waals surface area contributed by atoms with E-state index in [1.165, 1.54) is 0 Å². The molecule has 0 aromatic heterocycles. The van der Waals surface area contributed by atoms with Crippen LogP contribution in [0.1, 0.15) is 35.7 Å². The summed E-state index contributed by atoms with van der Waals surface area (Å²) in [6.07, 6.45) is 2.27. The molecule has 2 rings (SSSR count). The summed E-state index contributed by atoms with van der Waals surface area (Å²) in [6, 6.07) is 10.3. The number of ether oxygens (including phenoxy) is 1. The van der Waals surface area contributed by atoms with Gasteiger partial charge >= 0.3 is 0 Å². The van der Waals surface area contributed by atoms with Crippen LogP contribution in [0.2, 0.25) is 10.0 Å². The van der Waals surface area contributed by atoms with Crippen LogP contribution in [0.4, 0.5) is 5.69 Å². The van der Waals surface area contributed by atoms with Crippen molar-refractivity contribution in [3.63, 3.8) is 0 Å². The van der Waals surface area contributed by atoms with Crippen molar-refractivity contribution < 1.29 is 9.53 Å². The molecule has 0 aliphatic heterocycles. The number of Topliss-reactive ketones (excluding diaryl/α,β-unsaturated/α-hetero) is 1. The van der Waals surface area contributed by atoms with Crippen molar-refractivity contribution in [2.45, 2.75) is 26.2 Å². The van der Waals surface area contributed by atoms with Gasteiger partial charge < -0.3 is 10.5 Å². The highest BCUT2D eigenvalue weighted by atomic mass is 35.5. The Morgan fingerprint density at radius 2 is 1.91 bits per heavy atom. The molecule has 0 heterocycles. The van der Waals surface area contributed by atoms with E-state index in [9.17, 15) is 4.79 Å². The summed E-state index contributed by atoms with van der Waals surface area (Å²) in [5.74, 6) is 0.583. The summed E-state index contributed by atoms with van der Waals surface area (Å²) < 4.78 is 5.59. The Hall–Kier alpha value is -1.71. The Kier molecular flexibility index (Phi) is 6.31. The second kappa shape index (κ2) is 8.23. The highest BCUT2D eigenvalue weighted by Gasteiger charge is 2.11. The number of anilines is 1. The molecule has 122 valence electrons. The van der Waals surface area contributed by atoms with Crippen LogP contribution >= 0.6 is 23.2 Å². The predicted molar refractivity (Wildman–Crippen MR) is 95.8 cm³/mol. The molecular weight excluding hydrogens is 333 g/mol. The van der Waals surface area contributed by atoms with E-state index >= 15 is 0 Å². The lowest BCUT2D eigenvalue weighted by atomic mass is 10.0. The SMILES string of the molecule is CCCCOc1ccc(C(=O)Cc2ccc(Cl)c(Cl)c2)cc1N. The van der Waals surface area contributed by atoms with E-state index in [4.69, 9.17) is 33.7 Å². The van der Waals surface area contributed by atoms with Crippen molar-refractivity contribution in [3.8, 4) is 5.75 Å². The van der Waals surface area contributed by atoms with Crippen molar-refractivity contribution in [3.05, 3.63) is 57.6 Å². The first-order valence-corrected chi connectivity index (χ1v) is 8.26. The van der Waals surface area contributed by atoms with Crippen molar-refractivity contribution in [2.24, 2.45) is 0 Å². The van der Waals surface area contributed by atoms with Gasteiger partial charge in [0, 0.05) is 12.0 Å². The third-order valence-electron chi connectivity index (χ3n) is 3.44. The van der Waals surface area contributed by atoms with E-state index in [-0.39, 0.29) is 12.2 Å². The van der Waals surface area contributed by atoms with Crippen LogP contribution in [0, 0.1) is 0 Å². The smallest absolute Gasteiger partial charge is 0.167 e. The molecule has 0 bridgehead atoms. The third-order valence-corrected chi connectivity index (χ3v) is 4.17. The number of rotatable bonds is 7. The lowest BCUT2D eigenvalue weighted by Crippen LogP contribution is -2.06. The lowest BCUT2D eigenvalue weighted by molar-refractivity contribution is 0.0993. The molecule has 23 heavy (non-hydrogen) atoms. The average molecular weight is 352 g/mol. The van der Waals surface area contributed by atoms with Gasteiger partial charge in [0.15, 0.2) is 5.78 Å². The molecule has 5 heteroatoms. The van der Waals surface area contributed by atoms with Gasteiger partial charge in [0.2, 0.25) is 0 Å². The standard InChI is InChI=1S/C18H19Cl2NO2/c1-2-3-8-23-18-7-5-13(11-16(18)21)17(22)10-12-4-6-14(19)15(20)9-12/h4-7,9,11H,2-3,8,10,21H2,1H3. The van der Waals surface area contributed by atoms with Crippen molar-refractivity contribution in [1.29, 1.82) is 0 Å². The maximum atomic E-state index is 12.4. The van der Waals surface area contributed by atoms with E-state index in [0.29, 0.717) is 33.7 Å². The van der Waals surface area contributed by atoms with E-state index < -0.39 is 0 Å². The Balaban J connectivity index is 2.07. The number of hydrogen-bond donors (Lipinski definition) is 1. The Morgan fingerprint density at radius 1 is 1.13 bits per heavy atom. The molecule has 0 radical (unpaired) electrons. The quantitative estimate of drug-likeness (QED) is 0.424. The molecule has 0 aliphatic rings. The minimum atomic E-state index is -0.0322. The summed E-state index contributed by atoms with van der Waals surface area (Å²) in [4.78, 5) is 12.4. The zero-order valence-corrected chi connectivity index (χ0v) is 14.5. The van der Waals surface area contributed by atoms with Crippen molar-refractivity contribution in [1.82, 2.24) is 0 Å². The van der Waals surface area contributed by atoms with E-state index in [1.54, 1.807) is 36.4 Å². The van der Waals surface area contributed by atoms with Gasteiger partial charge in [-0.05, 0) is 42.3 Å². The van der Waals surface area contributed by atoms with Gasteiger partial charge in [0.05, 0.1) is 22.3 Å². The van der Waals surface area contributed by atoms with Gasteiger partial charge in [-0.15, -0.1) is 0 Å². The molecule has 0 spiro atoms. The van der Waals surface area contributed by atoms with E-state index in [2.05, 4.69) is 6.92 Å². The number of hydrogen-bond acceptors (Lipinski definition) is 3. The zero-order chi connectivity index (χ0) is 16.8. The largest absolute Gasteiger partial charge is 0.491 e. The summed E-state index contributed by atoms with van der Waals surface area (Å²) in [5, 5.41) is 0.914. The molecule has 0 amide bonds. The molecule has 2 aromatic carbocycles. The van der Waals surface area contributed by atoms with Crippen LogP contribution in [-0.4, -0.2) is 12.4 Å². The fraction of sp³-hybridized carbons (Fsp3) is 0.278. The first-order valence-electron chi connectivity index (χ1n) is 7.50. The fourth-order valence-corrected chi connectivity index (χ4v) is 2.44. The molecule has 2 aromatic rings. The minimum absolute atomic E-state index is 0.0322. The van der Waals surface area contributed by atoms with Crippen LogP contribution in [0.5, 0.6) is 5.75 Å². The maximum Gasteiger partial charge on any atom is 0.167 e. The van der Waals surface area contributed by atoms with Gasteiger partial charge in [-0.1, -0.05) is 42.6 Å². The zero-order valence-electron chi connectivity index (χ0n) is 12.9. The van der Waals surface area contributed by atoms with E-state index in [0.717, 1.165) is 18.4 Å². The fourth-order valence-electron chi connectivity index (χ4n) is 2.12. The third kappa shape index (κ3) is 4.88. The van der Waals surface area contributed by atoms with Crippen LogP contribution in [-0.2, 0) is 6.42 Å². The summed E-state index contributed by atoms with van der Waals surface area (Å²) in [6.45, 7) is 2.72. The molecule has 2 N–H and O–H groups in total. The summed E-state index contributed by atoms with van der Waals surface area (Å²) in [7, 11) is 0. The first-order chi connectivity index (χ1) is 11.0. The molecule has 0 atom stereocenters. The number of unbranched alkanes of at least 4 members (excludes halogenated alkanes) is 1. The number of ketones is 1. The lowest BCUT2D eigenvalue weighted by Gasteiger charge is -2.10. The molecule has 0 saturated carbocycles. The van der Waals surface area contributed by atoms with Crippen LogP contribution in [0.3, 0.4) is 0 Å². The van der Waals surface area contributed by atoms with Crippen LogP contribution < -0.4 is 10.5 Å². The molecule has 3 nitrogen and oxygen atoms in total. The predicted octanol–water partition coefficient (Wildman–Crippen LogP) is 5.18. The molecule has 0 fully saturated rings. The maximum absolute atomic E-state index is 12.4. The van der Waals surface area contributed by atoms with Gasteiger partial charge in [0.25, 0.3) is 0 Å². The molecular formula is C18H19Cl2NO2. The normalized spacial score (nSPS) is 10.6. The molecule has 0 unspecified atom stereocenters. The number of carbonyl (C=O) groups excluding carboxylic acids is 1. The number of benzene rings is 2. The molecule has 0 saturated heterocycles. The van der Waals surface area contributed by atoms with Crippen LogP contribution in [0.25, 0.3) is 0 Å². The number of nitrogen functional groups attached to an aromatic ring is 1. The highest BCUT2D eigenvalue weighted by molar-refractivity contribution is 6.42. The topological polar surface area (TPSA) is 52.3 Å². The highest BCUT2D eigenvalue weighted by Crippen LogP contribution is 2.25. The number of halogens is 2. The first kappa shape index (κ1) is 17.6. The molecule has 0 aliphatic carbocycles. The second-order valence-electron chi connectivity index (χ2n) is 5.30. The number of carbonyl (C=O) groups is 1. The van der Waals surface area contributed by atoms with Gasteiger partial charge in [-0.3, -0.25) is 4.79 Å². The van der Waals surface area contributed by atoms with Gasteiger partial charge in [0.1, 0.15) is 5.75 Å². The minimum Gasteiger partial charge on any atom is -0.491 e. The summed E-state index contributed by atoms with van der Waals surface area (Å²) >= 11 is 11.8. The van der Waals surface area contributed by atoms with Crippen LogP contribution in [0.15, 0.2) is 36.4 Å². The Bertz CT molecular complexity index is 701. The second-order valence-corrected chi connectivity index (χ2v) is 6.12. The average Bonchev–Trinajstić information content (AvgIpc) is 2.52. The van der Waals surface area contributed by atoms with Crippen molar-refractivity contribution in [2.75, 3.05) is 12.3 Å². The van der Waals surface area contributed by atoms with Gasteiger partial charge in [-0.2, -0.15) is 0 Å².